The minimum absolute atomic E-state index is 0.977. The fraction of sp³-hybridized carbons (Fsp3) is 1.00. The zero-order valence-corrected chi connectivity index (χ0v) is 9.79. The second kappa shape index (κ2) is 6.09. The summed E-state index contributed by atoms with van der Waals surface area (Å²) in [5.74, 6) is 0. The topological polar surface area (TPSA) is 9.23 Å². The van der Waals surface area contributed by atoms with E-state index < -0.39 is 8.32 Å². The van der Waals surface area contributed by atoms with Crippen molar-refractivity contribution in [3.05, 3.63) is 0 Å². The molecule has 0 aliphatic heterocycles. The molecule has 0 heterocycles. The molecular formula is C8H20OSSi. The molecule has 0 aromatic heterocycles. The van der Waals surface area contributed by atoms with Crippen molar-refractivity contribution in [3.63, 3.8) is 0 Å². The maximum Gasteiger partial charge on any atom is 0.201 e. The zero-order chi connectivity index (χ0) is 8.74. The van der Waals surface area contributed by atoms with Crippen molar-refractivity contribution in [1.82, 2.24) is 0 Å². The predicted octanol–water partition coefficient (Wildman–Crippen LogP) is 2.87. The summed E-state index contributed by atoms with van der Waals surface area (Å²) >= 11 is 4.39. The summed E-state index contributed by atoms with van der Waals surface area (Å²) in [6.07, 6.45) is 2.47. The number of hydrogen-bond acceptors (Lipinski definition) is 2. The van der Waals surface area contributed by atoms with E-state index in [1.54, 1.807) is 0 Å². The first-order valence-corrected chi connectivity index (χ1v) is 7.57. The molecule has 0 saturated heterocycles. The van der Waals surface area contributed by atoms with Gasteiger partial charge in [0.1, 0.15) is 0 Å². The van der Waals surface area contributed by atoms with Crippen LogP contribution in [-0.2, 0) is 4.43 Å². The van der Waals surface area contributed by atoms with Crippen molar-refractivity contribution >= 4 is 20.9 Å². The first-order valence-electron chi connectivity index (χ1n) is 4.40. The SMILES string of the molecule is CCC[Si](CS)(CCC)OC. The number of hydrogen-bond donors (Lipinski definition) is 1. The van der Waals surface area contributed by atoms with Crippen molar-refractivity contribution < 1.29 is 4.43 Å². The first kappa shape index (κ1) is 11.5. The Labute approximate surface area is 77.1 Å². The highest BCUT2D eigenvalue weighted by Crippen LogP contribution is 2.21. The van der Waals surface area contributed by atoms with Crippen molar-refractivity contribution in [3.8, 4) is 0 Å². The third-order valence-corrected chi connectivity index (χ3v) is 8.13. The van der Waals surface area contributed by atoms with Crippen LogP contribution in [0, 0.1) is 0 Å². The van der Waals surface area contributed by atoms with Crippen LogP contribution in [0.15, 0.2) is 0 Å². The van der Waals surface area contributed by atoms with Gasteiger partial charge in [-0.2, -0.15) is 12.6 Å². The second-order valence-corrected chi connectivity index (χ2v) is 8.08. The van der Waals surface area contributed by atoms with E-state index in [9.17, 15) is 0 Å². The van der Waals surface area contributed by atoms with Crippen LogP contribution < -0.4 is 0 Å². The van der Waals surface area contributed by atoms with Gasteiger partial charge >= 0.3 is 0 Å². The molecule has 0 fully saturated rings. The van der Waals surface area contributed by atoms with Crippen molar-refractivity contribution in [2.24, 2.45) is 0 Å². The summed E-state index contributed by atoms with van der Waals surface area (Å²) in [5, 5.41) is 0.977. The van der Waals surface area contributed by atoms with E-state index in [1.165, 1.54) is 24.9 Å². The predicted molar refractivity (Wildman–Crippen MR) is 56.8 cm³/mol. The van der Waals surface area contributed by atoms with Crippen molar-refractivity contribution in [2.75, 3.05) is 12.5 Å². The lowest BCUT2D eigenvalue weighted by Crippen LogP contribution is -2.39. The molecule has 0 aromatic rings. The van der Waals surface area contributed by atoms with Crippen LogP contribution in [0.3, 0.4) is 0 Å². The Hall–Kier alpha value is 0.527. The minimum Gasteiger partial charge on any atom is -0.419 e. The first-order chi connectivity index (χ1) is 5.24. The van der Waals surface area contributed by atoms with Crippen LogP contribution >= 0.6 is 12.6 Å². The highest BCUT2D eigenvalue weighted by Gasteiger charge is 2.29. The molecular weight excluding hydrogens is 172 g/mol. The maximum absolute atomic E-state index is 5.63. The Kier molecular flexibility index (Phi) is 6.38. The fourth-order valence-corrected chi connectivity index (χ4v) is 5.73. The molecule has 0 aliphatic rings. The molecule has 3 heteroatoms. The summed E-state index contributed by atoms with van der Waals surface area (Å²) in [7, 11) is 0.476. The lowest BCUT2D eigenvalue weighted by atomic mass is 10.6. The highest BCUT2D eigenvalue weighted by atomic mass is 32.1. The largest absolute Gasteiger partial charge is 0.419 e. The van der Waals surface area contributed by atoms with E-state index in [2.05, 4.69) is 26.5 Å². The lowest BCUT2D eigenvalue weighted by Gasteiger charge is -2.27. The molecule has 0 radical (unpaired) electrons. The van der Waals surface area contributed by atoms with Crippen LogP contribution in [0.4, 0.5) is 0 Å². The van der Waals surface area contributed by atoms with Gasteiger partial charge < -0.3 is 4.43 Å². The van der Waals surface area contributed by atoms with Gasteiger partial charge in [0.25, 0.3) is 0 Å². The van der Waals surface area contributed by atoms with Crippen LogP contribution in [0.2, 0.25) is 12.1 Å². The monoisotopic (exact) mass is 192 g/mol. The van der Waals surface area contributed by atoms with E-state index in [0.717, 1.165) is 5.38 Å². The van der Waals surface area contributed by atoms with Crippen molar-refractivity contribution in [1.29, 1.82) is 0 Å². The van der Waals surface area contributed by atoms with Gasteiger partial charge in [-0.15, -0.1) is 0 Å². The molecule has 0 N–H and O–H groups in total. The minimum atomic E-state index is -1.38. The molecule has 0 amide bonds. The van der Waals surface area contributed by atoms with E-state index in [1.807, 2.05) is 7.11 Å². The van der Waals surface area contributed by atoms with Gasteiger partial charge in [-0.1, -0.05) is 26.7 Å². The number of thiol groups is 1. The standard InChI is InChI=1S/C8H20OSSi/c1-4-6-11(8-10,9-3)7-5-2/h10H,4-8H2,1-3H3. The molecule has 0 atom stereocenters. The van der Waals surface area contributed by atoms with E-state index in [0.29, 0.717) is 0 Å². The van der Waals surface area contributed by atoms with Gasteiger partial charge in [0.15, 0.2) is 0 Å². The van der Waals surface area contributed by atoms with Gasteiger partial charge in [0.2, 0.25) is 8.32 Å². The van der Waals surface area contributed by atoms with E-state index >= 15 is 0 Å². The second-order valence-electron chi connectivity index (χ2n) is 3.05. The van der Waals surface area contributed by atoms with Gasteiger partial charge in [0.05, 0.1) is 0 Å². The van der Waals surface area contributed by atoms with Crippen LogP contribution in [-0.4, -0.2) is 20.8 Å². The third-order valence-electron chi connectivity index (χ3n) is 2.13. The van der Waals surface area contributed by atoms with E-state index in [-0.39, 0.29) is 0 Å². The van der Waals surface area contributed by atoms with Gasteiger partial charge in [-0.25, -0.2) is 0 Å². The number of rotatable bonds is 6. The Morgan fingerprint density at radius 3 is 1.82 bits per heavy atom. The van der Waals surface area contributed by atoms with E-state index in [4.69, 9.17) is 4.43 Å². The molecule has 0 saturated carbocycles. The highest BCUT2D eigenvalue weighted by molar-refractivity contribution is 7.82. The maximum atomic E-state index is 5.63. The smallest absolute Gasteiger partial charge is 0.201 e. The summed E-state index contributed by atoms with van der Waals surface area (Å²) in [6.45, 7) is 4.44. The van der Waals surface area contributed by atoms with Crippen molar-refractivity contribution in [2.45, 2.75) is 38.8 Å². The van der Waals surface area contributed by atoms with Crippen LogP contribution in [0.5, 0.6) is 0 Å². The Morgan fingerprint density at radius 2 is 1.64 bits per heavy atom. The zero-order valence-electron chi connectivity index (χ0n) is 7.89. The molecule has 0 aromatic carbocycles. The average Bonchev–Trinajstić information content (AvgIpc) is 2.04. The molecule has 0 bridgehead atoms. The van der Waals surface area contributed by atoms with Gasteiger partial charge in [-0.05, 0) is 12.1 Å². The third kappa shape index (κ3) is 3.63. The molecule has 0 rings (SSSR count). The lowest BCUT2D eigenvalue weighted by molar-refractivity contribution is 0.394. The van der Waals surface area contributed by atoms with Gasteiger partial charge in [0, 0.05) is 12.5 Å². The molecule has 11 heavy (non-hydrogen) atoms. The molecule has 0 spiro atoms. The summed E-state index contributed by atoms with van der Waals surface area (Å²) in [6, 6.07) is 2.53. The molecule has 1 nitrogen and oxygen atoms in total. The van der Waals surface area contributed by atoms with Gasteiger partial charge in [-0.3, -0.25) is 0 Å². The molecule has 0 unspecified atom stereocenters. The van der Waals surface area contributed by atoms with Crippen LogP contribution in [0.25, 0.3) is 0 Å². The molecule has 68 valence electrons. The van der Waals surface area contributed by atoms with Crippen LogP contribution in [0.1, 0.15) is 26.7 Å². The molecule has 0 aliphatic carbocycles. The summed E-state index contributed by atoms with van der Waals surface area (Å²) < 4.78 is 5.63. The quantitative estimate of drug-likeness (QED) is 0.503. The normalized spacial score (nSPS) is 12.0. The Balaban J connectivity index is 3.96. The fourth-order valence-electron chi connectivity index (χ4n) is 1.46. The Bertz CT molecular complexity index is 86.1. The summed E-state index contributed by atoms with van der Waals surface area (Å²) in [5.41, 5.74) is 0. The summed E-state index contributed by atoms with van der Waals surface area (Å²) in [4.78, 5) is 0. The Morgan fingerprint density at radius 1 is 1.18 bits per heavy atom. The average molecular weight is 192 g/mol.